The molecule has 6 heteroatoms. The van der Waals surface area contributed by atoms with Crippen molar-refractivity contribution in [3.8, 4) is 23.0 Å². The number of esters is 1. The Bertz CT molecular complexity index is 838. The highest BCUT2D eigenvalue weighted by molar-refractivity contribution is 5.73. The Hall–Kier alpha value is -3.15. The molecule has 0 aromatic heterocycles. The van der Waals surface area contributed by atoms with Gasteiger partial charge in [-0.25, -0.2) is 0 Å². The van der Waals surface area contributed by atoms with Crippen LogP contribution in [0.2, 0.25) is 0 Å². The topological polar surface area (TPSA) is 63.2 Å². The maximum absolute atomic E-state index is 11.5. The molecule has 1 atom stereocenters. The number of carbonyl (C=O) groups is 1. The van der Waals surface area contributed by atoms with Crippen molar-refractivity contribution in [1.82, 2.24) is 0 Å². The first kappa shape index (κ1) is 17.7. The maximum atomic E-state index is 11.5. The molecule has 26 heavy (non-hydrogen) atoms. The van der Waals surface area contributed by atoms with E-state index in [0.717, 1.165) is 16.9 Å². The van der Waals surface area contributed by atoms with Crippen molar-refractivity contribution in [1.29, 1.82) is 0 Å². The van der Waals surface area contributed by atoms with Gasteiger partial charge in [-0.05, 0) is 30.3 Å². The van der Waals surface area contributed by atoms with E-state index in [1.165, 1.54) is 6.92 Å². The first-order valence-corrected chi connectivity index (χ1v) is 8.03. The molecule has 0 radical (unpaired) electrons. The average molecular weight is 356 g/mol. The van der Waals surface area contributed by atoms with Gasteiger partial charge >= 0.3 is 5.97 Å². The van der Waals surface area contributed by atoms with Gasteiger partial charge in [0.2, 0.25) is 5.75 Å². The molecule has 2 aromatic rings. The second-order valence-electron chi connectivity index (χ2n) is 5.63. The number of rotatable bonds is 5. The van der Waals surface area contributed by atoms with Gasteiger partial charge < -0.3 is 23.7 Å². The van der Waals surface area contributed by atoms with Gasteiger partial charge in [0.05, 0.1) is 21.3 Å². The van der Waals surface area contributed by atoms with E-state index in [1.54, 1.807) is 33.5 Å². The first-order valence-electron chi connectivity index (χ1n) is 8.03. The fraction of sp³-hybridized carbons (Fsp3) is 0.250. The van der Waals surface area contributed by atoms with Gasteiger partial charge in [-0.15, -0.1) is 0 Å². The summed E-state index contributed by atoms with van der Waals surface area (Å²) in [6, 6.07) is 11.0. The molecule has 6 nitrogen and oxygen atoms in total. The Morgan fingerprint density at radius 2 is 1.69 bits per heavy atom. The molecule has 0 aliphatic carbocycles. The SMILES string of the molecule is COc1ccc([C@H]2Oc3c(ccc(OC)c3OC)C=C2OC(C)=O)cc1. The molecule has 0 amide bonds. The zero-order valence-corrected chi connectivity index (χ0v) is 15.1. The second kappa shape index (κ2) is 7.39. The van der Waals surface area contributed by atoms with E-state index in [0.29, 0.717) is 23.0 Å². The molecule has 0 saturated carbocycles. The fourth-order valence-corrected chi connectivity index (χ4v) is 2.81. The van der Waals surface area contributed by atoms with Crippen molar-refractivity contribution in [2.45, 2.75) is 13.0 Å². The molecule has 3 rings (SSSR count). The highest BCUT2D eigenvalue weighted by Gasteiger charge is 2.30. The van der Waals surface area contributed by atoms with Gasteiger partial charge in [-0.1, -0.05) is 12.1 Å². The largest absolute Gasteiger partial charge is 0.497 e. The third kappa shape index (κ3) is 3.31. The van der Waals surface area contributed by atoms with E-state index in [1.807, 2.05) is 30.3 Å². The van der Waals surface area contributed by atoms with E-state index in [9.17, 15) is 4.79 Å². The summed E-state index contributed by atoms with van der Waals surface area (Å²) >= 11 is 0. The van der Waals surface area contributed by atoms with Gasteiger partial charge in [0, 0.05) is 18.1 Å². The predicted molar refractivity (Wildman–Crippen MR) is 95.7 cm³/mol. The van der Waals surface area contributed by atoms with Crippen molar-refractivity contribution < 1.29 is 28.5 Å². The van der Waals surface area contributed by atoms with Crippen LogP contribution in [-0.2, 0) is 9.53 Å². The Morgan fingerprint density at radius 3 is 2.27 bits per heavy atom. The lowest BCUT2D eigenvalue weighted by Crippen LogP contribution is -2.19. The van der Waals surface area contributed by atoms with Gasteiger partial charge in [0.15, 0.2) is 23.4 Å². The van der Waals surface area contributed by atoms with Crippen molar-refractivity contribution in [2.24, 2.45) is 0 Å². The summed E-state index contributed by atoms with van der Waals surface area (Å²) in [7, 11) is 4.72. The van der Waals surface area contributed by atoms with E-state index in [-0.39, 0.29) is 0 Å². The molecule has 1 heterocycles. The van der Waals surface area contributed by atoms with Crippen molar-refractivity contribution in [2.75, 3.05) is 21.3 Å². The summed E-state index contributed by atoms with van der Waals surface area (Å²) in [5.41, 5.74) is 1.55. The normalized spacial score (nSPS) is 15.2. The highest BCUT2D eigenvalue weighted by atomic mass is 16.6. The standard InChI is InChI=1S/C20H20O6/c1-12(21)25-17-11-14-7-10-16(23-3)20(24-4)19(14)26-18(17)13-5-8-15(22-2)9-6-13/h5-11,18H,1-4H3/t18-/m1/s1. The lowest BCUT2D eigenvalue weighted by atomic mass is 10.0. The van der Waals surface area contributed by atoms with Crippen molar-refractivity contribution >= 4 is 12.0 Å². The summed E-state index contributed by atoms with van der Waals surface area (Å²) in [5, 5.41) is 0. The Labute approximate surface area is 151 Å². The minimum atomic E-state index is -0.599. The van der Waals surface area contributed by atoms with Crippen LogP contribution < -0.4 is 18.9 Å². The lowest BCUT2D eigenvalue weighted by molar-refractivity contribution is -0.138. The van der Waals surface area contributed by atoms with Crippen LogP contribution in [0.4, 0.5) is 0 Å². The van der Waals surface area contributed by atoms with Crippen LogP contribution in [0.25, 0.3) is 6.08 Å². The summed E-state index contributed by atoms with van der Waals surface area (Å²) in [6.45, 7) is 1.36. The average Bonchev–Trinajstić information content (AvgIpc) is 2.66. The Kier molecular flexibility index (Phi) is 5.02. The van der Waals surface area contributed by atoms with Gasteiger partial charge in [-0.2, -0.15) is 0 Å². The molecule has 0 bridgehead atoms. The minimum Gasteiger partial charge on any atom is -0.497 e. The van der Waals surface area contributed by atoms with E-state index in [4.69, 9.17) is 23.7 Å². The van der Waals surface area contributed by atoms with Gasteiger partial charge in [-0.3, -0.25) is 4.79 Å². The first-order chi connectivity index (χ1) is 12.6. The fourth-order valence-electron chi connectivity index (χ4n) is 2.81. The molecule has 0 unspecified atom stereocenters. The van der Waals surface area contributed by atoms with E-state index >= 15 is 0 Å². The zero-order valence-electron chi connectivity index (χ0n) is 15.1. The van der Waals surface area contributed by atoms with Crippen molar-refractivity contribution in [3.05, 3.63) is 53.3 Å². The molecule has 0 saturated heterocycles. The molecular weight excluding hydrogens is 336 g/mol. The maximum Gasteiger partial charge on any atom is 0.307 e. The van der Waals surface area contributed by atoms with Gasteiger partial charge in [0.25, 0.3) is 0 Å². The highest BCUT2D eigenvalue weighted by Crippen LogP contribution is 2.47. The summed E-state index contributed by atoms with van der Waals surface area (Å²) < 4.78 is 27.6. The molecule has 1 aliphatic rings. The van der Waals surface area contributed by atoms with Crippen LogP contribution in [0.15, 0.2) is 42.2 Å². The Morgan fingerprint density at radius 1 is 0.962 bits per heavy atom. The molecule has 0 N–H and O–H groups in total. The number of hydrogen-bond donors (Lipinski definition) is 0. The van der Waals surface area contributed by atoms with Crippen LogP contribution in [0, 0.1) is 0 Å². The third-order valence-electron chi connectivity index (χ3n) is 4.00. The summed E-state index contributed by atoms with van der Waals surface area (Å²) in [5.74, 6) is 2.29. The number of hydrogen-bond acceptors (Lipinski definition) is 6. The molecular formula is C20H20O6. The second-order valence-corrected chi connectivity index (χ2v) is 5.63. The van der Waals surface area contributed by atoms with Crippen molar-refractivity contribution in [3.63, 3.8) is 0 Å². The Balaban J connectivity index is 2.09. The predicted octanol–water partition coefficient (Wildman–Crippen LogP) is 3.75. The summed E-state index contributed by atoms with van der Waals surface area (Å²) in [4.78, 5) is 11.5. The number of carbonyl (C=O) groups excluding carboxylic acids is 1. The van der Waals surface area contributed by atoms with Crippen LogP contribution in [-0.4, -0.2) is 27.3 Å². The zero-order chi connectivity index (χ0) is 18.7. The molecule has 0 fully saturated rings. The monoisotopic (exact) mass is 356 g/mol. The third-order valence-corrected chi connectivity index (χ3v) is 4.00. The molecule has 1 aliphatic heterocycles. The molecule has 2 aromatic carbocycles. The molecule has 136 valence electrons. The van der Waals surface area contributed by atoms with Crippen LogP contribution in [0.3, 0.4) is 0 Å². The smallest absolute Gasteiger partial charge is 0.307 e. The van der Waals surface area contributed by atoms with Crippen LogP contribution in [0.5, 0.6) is 23.0 Å². The lowest BCUT2D eigenvalue weighted by Gasteiger charge is -2.28. The molecule has 0 spiro atoms. The van der Waals surface area contributed by atoms with E-state index in [2.05, 4.69) is 0 Å². The minimum absolute atomic E-state index is 0.405. The van der Waals surface area contributed by atoms with E-state index < -0.39 is 12.1 Å². The van der Waals surface area contributed by atoms with Crippen LogP contribution in [0.1, 0.15) is 24.2 Å². The van der Waals surface area contributed by atoms with Crippen LogP contribution >= 0.6 is 0 Å². The number of ether oxygens (including phenoxy) is 5. The van der Waals surface area contributed by atoms with Gasteiger partial charge in [0.1, 0.15) is 5.75 Å². The number of benzene rings is 2. The number of fused-ring (bicyclic) bond motifs is 1. The number of methoxy groups -OCH3 is 3. The quantitative estimate of drug-likeness (QED) is 0.761. The summed E-state index contributed by atoms with van der Waals surface area (Å²) in [6.07, 6.45) is 1.18.